The SMILES string of the molecule is COc1ccc(C(=O)NCCNC(=O)/C=C/c2nc3ccccc3s2)cc1. The van der Waals surface area contributed by atoms with Crippen molar-refractivity contribution in [3.63, 3.8) is 0 Å². The number of amides is 2. The van der Waals surface area contributed by atoms with Crippen LogP contribution in [0.15, 0.2) is 54.6 Å². The molecule has 1 aromatic heterocycles. The van der Waals surface area contributed by atoms with Crippen LogP contribution < -0.4 is 15.4 Å². The van der Waals surface area contributed by atoms with Crippen molar-refractivity contribution >= 4 is 39.4 Å². The molecule has 0 radical (unpaired) electrons. The zero-order chi connectivity index (χ0) is 19.1. The number of ether oxygens (including phenoxy) is 1. The normalized spacial score (nSPS) is 10.9. The highest BCUT2D eigenvalue weighted by molar-refractivity contribution is 7.19. The Bertz CT molecular complexity index is 931. The molecule has 0 unspecified atom stereocenters. The van der Waals surface area contributed by atoms with E-state index >= 15 is 0 Å². The van der Waals surface area contributed by atoms with Crippen LogP contribution >= 0.6 is 11.3 Å². The number of carbonyl (C=O) groups excluding carboxylic acids is 2. The lowest BCUT2D eigenvalue weighted by molar-refractivity contribution is -0.116. The van der Waals surface area contributed by atoms with E-state index in [1.165, 1.54) is 17.4 Å². The van der Waals surface area contributed by atoms with E-state index in [1.807, 2.05) is 24.3 Å². The van der Waals surface area contributed by atoms with E-state index in [9.17, 15) is 9.59 Å². The van der Waals surface area contributed by atoms with E-state index < -0.39 is 0 Å². The van der Waals surface area contributed by atoms with Crippen molar-refractivity contribution in [1.82, 2.24) is 15.6 Å². The monoisotopic (exact) mass is 381 g/mol. The summed E-state index contributed by atoms with van der Waals surface area (Å²) in [6.07, 6.45) is 3.14. The Morgan fingerprint density at radius 3 is 2.56 bits per heavy atom. The number of carbonyl (C=O) groups is 2. The number of rotatable bonds is 7. The third kappa shape index (κ3) is 5.15. The van der Waals surface area contributed by atoms with Crippen LogP contribution in [0, 0.1) is 0 Å². The second-order valence-corrected chi connectivity index (χ2v) is 6.69. The molecule has 7 heteroatoms. The van der Waals surface area contributed by atoms with Gasteiger partial charge in [0.15, 0.2) is 0 Å². The van der Waals surface area contributed by atoms with Gasteiger partial charge in [-0.1, -0.05) is 12.1 Å². The zero-order valence-electron chi connectivity index (χ0n) is 14.8. The minimum atomic E-state index is -0.229. The van der Waals surface area contributed by atoms with Gasteiger partial charge < -0.3 is 15.4 Å². The number of thiazole rings is 1. The largest absolute Gasteiger partial charge is 0.497 e. The van der Waals surface area contributed by atoms with Crippen molar-refractivity contribution in [2.75, 3.05) is 20.2 Å². The first-order valence-corrected chi connectivity index (χ1v) is 9.21. The van der Waals surface area contributed by atoms with E-state index in [1.54, 1.807) is 37.5 Å². The number of benzene rings is 2. The molecule has 0 spiro atoms. The summed E-state index contributed by atoms with van der Waals surface area (Å²) < 4.78 is 6.14. The Morgan fingerprint density at radius 2 is 1.81 bits per heavy atom. The second kappa shape index (κ2) is 8.95. The van der Waals surface area contributed by atoms with Gasteiger partial charge in [0.05, 0.1) is 17.3 Å². The second-order valence-electron chi connectivity index (χ2n) is 5.63. The Kier molecular flexibility index (Phi) is 6.17. The van der Waals surface area contributed by atoms with E-state index in [0.717, 1.165) is 15.2 Å². The van der Waals surface area contributed by atoms with Gasteiger partial charge in [0.2, 0.25) is 5.91 Å². The lowest BCUT2D eigenvalue weighted by Crippen LogP contribution is -2.33. The van der Waals surface area contributed by atoms with Gasteiger partial charge >= 0.3 is 0 Å². The maximum absolute atomic E-state index is 12.0. The van der Waals surface area contributed by atoms with Gasteiger partial charge in [-0.15, -0.1) is 11.3 Å². The molecule has 2 aromatic carbocycles. The molecule has 0 aliphatic rings. The van der Waals surface area contributed by atoms with Crippen LogP contribution in [0.25, 0.3) is 16.3 Å². The summed E-state index contributed by atoms with van der Waals surface area (Å²) in [4.78, 5) is 28.3. The molecule has 0 atom stereocenters. The van der Waals surface area contributed by atoms with Gasteiger partial charge in [0.1, 0.15) is 10.8 Å². The minimum Gasteiger partial charge on any atom is -0.497 e. The number of nitrogens with one attached hydrogen (secondary N) is 2. The van der Waals surface area contributed by atoms with Crippen molar-refractivity contribution in [3.05, 3.63) is 65.2 Å². The highest BCUT2D eigenvalue weighted by atomic mass is 32.1. The van der Waals surface area contributed by atoms with Crippen LogP contribution in [0.5, 0.6) is 5.75 Å². The Hall–Kier alpha value is -3.19. The summed E-state index contributed by atoms with van der Waals surface area (Å²) in [6.45, 7) is 0.677. The molecule has 2 amide bonds. The number of methoxy groups -OCH3 is 1. The predicted octanol–water partition coefficient (Wildman–Crippen LogP) is 2.86. The lowest BCUT2D eigenvalue weighted by Gasteiger charge is -2.06. The molecular formula is C20H19N3O3S. The molecular weight excluding hydrogens is 362 g/mol. The zero-order valence-corrected chi connectivity index (χ0v) is 15.6. The third-order valence-corrected chi connectivity index (χ3v) is 4.75. The molecule has 0 bridgehead atoms. The molecule has 1 heterocycles. The van der Waals surface area contributed by atoms with Crippen molar-refractivity contribution < 1.29 is 14.3 Å². The van der Waals surface area contributed by atoms with E-state index in [2.05, 4.69) is 15.6 Å². The summed E-state index contributed by atoms with van der Waals surface area (Å²) in [5.41, 5.74) is 1.46. The molecule has 27 heavy (non-hydrogen) atoms. The van der Waals surface area contributed by atoms with E-state index in [4.69, 9.17) is 4.74 Å². The maximum Gasteiger partial charge on any atom is 0.251 e. The standard InChI is InChI=1S/C20H19N3O3S/c1-26-15-8-6-14(7-9-15)20(25)22-13-12-21-18(24)10-11-19-23-16-4-2-3-5-17(16)27-19/h2-11H,12-13H2,1H3,(H,21,24)(H,22,25)/b11-10+. The fraction of sp³-hybridized carbons (Fsp3) is 0.150. The van der Waals surface area contributed by atoms with Crippen molar-refractivity contribution in [1.29, 1.82) is 0 Å². The molecule has 3 aromatic rings. The summed E-state index contributed by atoms with van der Waals surface area (Å²) in [6, 6.07) is 14.7. The molecule has 0 saturated carbocycles. The van der Waals surface area contributed by atoms with Crippen LogP contribution in [0.3, 0.4) is 0 Å². The number of nitrogens with zero attached hydrogens (tertiary/aromatic N) is 1. The quantitative estimate of drug-likeness (QED) is 0.487. The Labute approximate surface area is 160 Å². The molecule has 2 N–H and O–H groups in total. The minimum absolute atomic E-state index is 0.197. The van der Waals surface area contributed by atoms with Gasteiger partial charge in [-0.25, -0.2) is 4.98 Å². The van der Waals surface area contributed by atoms with Crippen LogP contribution in [0.1, 0.15) is 15.4 Å². The lowest BCUT2D eigenvalue weighted by atomic mass is 10.2. The fourth-order valence-electron chi connectivity index (χ4n) is 2.37. The summed E-state index contributed by atoms with van der Waals surface area (Å²) >= 11 is 1.53. The number of hydrogen-bond acceptors (Lipinski definition) is 5. The summed E-state index contributed by atoms with van der Waals surface area (Å²) in [7, 11) is 1.57. The first-order valence-electron chi connectivity index (χ1n) is 8.39. The molecule has 0 aliphatic carbocycles. The van der Waals surface area contributed by atoms with Gasteiger partial charge in [0.25, 0.3) is 5.91 Å². The highest BCUT2D eigenvalue weighted by Gasteiger charge is 2.05. The molecule has 0 aliphatic heterocycles. The maximum atomic E-state index is 12.0. The van der Waals surface area contributed by atoms with Gasteiger partial charge in [-0.05, 0) is 42.5 Å². The fourth-order valence-corrected chi connectivity index (χ4v) is 3.24. The van der Waals surface area contributed by atoms with E-state index in [0.29, 0.717) is 24.4 Å². The van der Waals surface area contributed by atoms with Gasteiger partial charge in [-0.3, -0.25) is 9.59 Å². The average molecular weight is 381 g/mol. The van der Waals surface area contributed by atoms with Crippen LogP contribution in [0.2, 0.25) is 0 Å². The highest BCUT2D eigenvalue weighted by Crippen LogP contribution is 2.22. The summed E-state index contributed by atoms with van der Waals surface area (Å²) in [5.74, 6) is 0.267. The van der Waals surface area contributed by atoms with Gasteiger partial charge in [-0.2, -0.15) is 0 Å². The van der Waals surface area contributed by atoms with Crippen molar-refractivity contribution in [2.24, 2.45) is 0 Å². The predicted molar refractivity (Wildman–Crippen MR) is 107 cm³/mol. The van der Waals surface area contributed by atoms with Crippen molar-refractivity contribution in [2.45, 2.75) is 0 Å². The summed E-state index contributed by atoms with van der Waals surface area (Å²) in [5, 5.41) is 6.26. The van der Waals surface area contributed by atoms with Crippen LogP contribution in [-0.4, -0.2) is 37.0 Å². The number of para-hydroxylation sites is 1. The molecule has 3 rings (SSSR count). The molecule has 0 saturated heterocycles. The first-order chi connectivity index (χ1) is 13.2. The number of fused-ring (bicyclic) bond motifs is 1. The van der Waals surface area contributed by atoms with E-state index in [-0.39, 0.29) is 11.8 Å². The van der Waals surface area contributed by atoms with Gasteiger partial charge in [0, 0.05) is 24.7 Å². The topological polar surface area (TPSA) is 80.3 Å². The number of aromatic nitrogens is 1. The van der Waals surface area contributed by atoms with Crippen molar-refractivity contribution in [3.8, 4) is 5.75 Å². The van der Waals surface area contributed by atoms with Crippen LogP contribution in [0.4, 0.5) is 0 Å². The number of hydrogen-bond donors (Lipinski definition) is 2. The smallest absolute Gasteiger partial charge is 0.251 e. The van der Waals surface area contributed by atoms with Crippen LogP contribution in [-0.2, 0) is 4.79 Å². The molecule has 0 fully saturated rings. The molecule has 138 valence electrons. The Balaban J connectivity index is 1.41. The average Bonchev–Trinajstić information content (AvgIpc) is 3.12. The Morgan fingerprint density at radius 1 is 1.07 bits per heavy atom. The first kappa shape index (κ1) is 18.6. The molecule has 6 nitrogen and oxygen atoms in total. The third-order valence-electron chi connectivity index (χ3n) is 3.75.